The molecular weight excluding hydrogens is 834 g/mol. The third-order valence-electron chi connectivity index (χ3n) is 11.5. The molecule has 0 spiro atoms. The smallest absolute Gasteiger partial charge is 0.416 e. The summed E-state index contributed by atoms with van der Waals surface area (Å²) in [4.78, 5) is 63.6. The minimum atomic E-state index is -4.44. The quantitative estimate of drug-likeness (QED) is 0.103. The van der Waals surface area contributed by atoms with Gasteiger partial charge in [0.1, 0.15) is 29.7 Å². The van der Waals surface area contributed by atoms with E-state index in [2.05, 4.69) is 14.9 Å². The Balaban J connectivity index is 0.00000102. The van der Waals surface area contributed by atoms with Crippen LogP contribution in [0.2, 0.25) is 0 Å². The van der Waals surface area contributed by atoms with Gasteiger partial charge in [-0.2, -0.15) is 18.2 Å². The lowest BCUT2D eigenvalue weighted by Crippen LogP contribution is -2.56. The summed E-state index contributed by atoms with van der Waals surface area (Å²) in [6, 6.07) is 18.5. The van der Waals surface area contributed by atoms with E-state index in [0.29, 0.717) is 43.5 Å². The van der Waals surface area contributed by atoms with E-state index in [0.717, 1.165) is 29.8 Å². The molecule has 0 aliphatic carbocycles. The fraction of sp³-hybridized carbons (Fsp3) is 0.429. The third kappa shape index (κ3) is 12.9. The molecule has 0 radical (unpaired) electrons. The lowest BCUT2D eigenvalue weighted by atomic mass is 9.88. The SMILES string of the molecule is CC(C)CC(=O)C(C)(C)N1CCC(N(Cc2ccc(-c3ccc(C(F)(F)F)cc3)cc2)C(=O)Cn2c(CCc3ccc(F)cc3F)nc(=O)c3cccnc32)CC1.CC(C)CC(=O)O. The number of hydrogen-bond acceptors (Lipinski definition) is 7. The van der Waals surface area contributed by atoms with Gasteiger partial charge in [-0.15, -0.1) is 0 Å². The number of halogens is 5. The average Bonchev–Trinajstić information content (AvgIpc) is 3.23. The lowest BCUT2D eigenvalue weighted by Gasteiger charge is -2.45. The maximum atomic E-state index is 14.7. The molecule has 1 aliphatic rings. The van der Waals surface area contributed by atoms with E-state index in [1.165, 1.54) is 24.4 Å². The van der Waals surface area contributed by atoms with Crippen molar-refractivity contribution in [2.45, 2.75) is 111 Å². The predicted octanol–water partition coefficient (Wildman–Crippen LogP) is 9.54. The van der Waals surface area contributed by atoms with E-state index in [4.69, 9.17) is 5.11 Å². The van der Waals surface area contributed by atoms with Crippen molar-refractivity contribution in [2.24, 2.45) is 11.8 Å². The molecule has 342 valence electrons. The summed E-state index contributed by atoms with van der Waals surface area (Å²) < 4.78 is 69.4. The molecule has 15 heteroatoms. The summed E-state index contributed by atoms with van der Waals surface area (Å²) in [6.45, 7) is 12.8. The number of carboxylic acids is 1. The fourth-order valence-corrected chi connectivity index (χ4v) is 7.85. The Morgan fingerprint density at radius 2 is 1.45 bits per heavy atom. The zero-order valence-corrected chi connectivity index (χ0v) is 37.1. The van der Waals surface area contributed by atoms with Crippen molar-refractivity contribution in [3.05, 3.63) is 130 Å². The molecule has 5 aromatic rings. The summed E-state index contributed by atoms with van der Waals surface area (Å²) in [7, 11) is 0. The number of ketones is 1. The lowest BCUT2D eigenvalue weighted by molar-refractivity contribution is -0.138. The van der Waals surface area contributed by atoms with Crippen LogP contribution in [-0.4, -0.2) is 71.8 Å². The number of aryl methyl sites for hydroxylation is 2. The number of amides is 1. The molecule has 1 aliphatic heterocycles. The molecule has 0 saturated carbocycles. The van der Waals surface area contributed by atoms with Gasteiger partial charge in [-0.25, -0.2) is 13.8 Å². The number of aliphatic carboxylic acids is 1. The summed E-state index contributed by atoms with van der Waals surface area (Å²) in [5.41, 5.74) is 0.652. The highest BCUT2D eigenvalue weighted by Gasteiger charge is 2.38. The molecule has 1 fully saturated rings. The van der Waals surface area contributed by atoms with Crippen LogP contribution in [0.4, 0.5) is 22.0 Å². The Bertz CT molecular complexity index is 2460. The van der Waals surface area contributed by atoms with Crippen molar-refractivity contribution in [1.29, 1.82) is 0 Å². The topological polar surface area (TPSA) is 126 Å². The van der Waals surface area contributed by atoms with Crippen LogP contribution in [0.25, 0.3) is 22.2 Å². The third-order valence-corrected chi connectivity index (χ3v) is 11.5. The van der Waals surface area contributed by atoms with E-state index in [-0.39, 0.29) is 84.3 Å². The number of fused-ring (bicyclic) bond motifs is 1. The summed E-state index contributed by atoms with van der Waals surface area (Å²) in [6.07, 6.45) is -0.850. The number of nitrogens with zero attached hydrogens (tertiary/aromatic N) is 5. The Labute approximate surface area is 370 Å². The number of piperidine rings is 1. The number of likely N-dealkylation sites (tertiary alicyclic amines) is 1. The van der Waals surface area contributed by atoms with Gasteiger partial charge >= 0.3 is 12.1 Å². The van der Waals surface area contributed by atoms with Crippen molar-refractivity contribution < 1.29 is 41.4 Å². The molecule has 10 nitrogen and oxygen atoms in total. The first-order valence-electron chi connectivity index (χ1n) is 21.5. The standard InChI is InChI=1S/C44H46F5N5O3.C5H10O2/c1-28(2)24-38(55)43(3,4)52-22-19-35(20-23-52)53(26-29-7-9-30(10-8-29)31-11-15-33(16-12-31)44(47,48)49)40(56)27-54-39(18-14-32-13-17-34(45)25-37(32)46)51-42(57)36-6-5-21-50-41(36)54;1-4(2)3-5(6)7/h5-13,15-17,21,25,28,35H,14,18-20,22-24,26-27H2,1-4H3;4H,3H2,1-2H3,(H,6,7). The Morgan fingerprint density at radius 1 is 0.844 bits per heavy atom. The van der Waals surface area contributed by atoms with E-state index < -0.39 is 40.4 Å². The number of carboxylic acid groups (broad SMARTS) is 1. The Hall–Kier alpha value is -5.83. The summed E-state index contributed by atoms with van der Waals surface area (Å²) in [5, 5.41) is 8.30. The van der Waals surface area contributed by atoms with E-state index in [9.17, 15) is 41.1 Å². The highest BCUT2D eigenvalue weighted by molar-refractivity contribution is 5.87. The Morgan fingerprint density at radius 3 is 2.00 bits per heavy atom. The van der Waals surface area contributed by atoms with Crippen molar-refractivity contribution in [2.75, 3.05) is 13.1 Å². The zero-order chi connectivity index (χ0) is 46.9. The van der Waals surface area contributed by atoms with Gasteiger partial charge in [0, 0.05) is 57.2 Å². The van der Waals surface area contributed by atoms with Gasteiger partial charge in [0.05, 0.1) is 16.5 Å². The predicted molar refractivity (Wildman–Crippen MR) is 235 cm³/mol. The summed E-state index contributed by atoms with van der Waals surface area (Å²) in [5.74, 6) is -1.54. The van der Waals surface area contributed by atoms with E-state index in [1.54, 1.807) is 21.6 Å². The van der Waals surface area contributed by atoms with Crippen LogP contribution in [0.15, 0.2) is 89.9 Å². The van der Waals surface area contributed by atoms with Crippen molar-refractivity contribution in [3.63, 3.8) is 0 Å². The van der Waals surface area contributed by atoms with Crippen LogP contribution in [0, 0.1) is 23.5 Å². The van der Waals surface area contributed by atoms with E-state index >= 15 is 0 Å². The summed E-state index contributed by atoms with van der Waals surface area (Å²) >= 11 is 0. The van der Waals surface area contributed by atoms with Crippen LogP contribution in [-0.2, 0) is 46.5 Å². The number of alkyl halides is 3. The molecule has 3 heterocycles. The first-order valence-corrected chi connectivity index (χ1v) is 21.5. The number of benzene rings is 3. The molecule has 1 amide bonds. The van der Waals surface area contributed by atoms with Crippen molar-refractivity contribution in [1.82, 2.24) is 24.3 Å². The molecule has 64 heavy (non-hydrogen) atoms. The van der Waals surface area contributed by atoms with Gasteiger partial charge in [-0.3, -0.25) is 24.1 Å². The second-order valence-electron chi connectivity index (χ2n) is 17.6. The van der Waals surface area contributed by atoms with Crippen molar-refractivity contribution >= 4 is 28.7 Å². The minimum Gasteiger partial charge on any atom is -0.481 e. The van der Waals surface area contributed by atoms with Crippen LogP contribution < -0.4 is 5.56 Å². The van der Waals surface area contributed by atoms with Gasteiger partial charge in [0.15, 0.2) is 5.78 Å². The number of hydrogen-bond donors (Lipinski definition) is 1. The van der Waals surface area contributed by atoms with Gasteiger partial charge in [0.2, 0.25) is 5.91 Å². The number of Topliss-reactive ketones (excluding diaryl/α,β-unsaturated/α-hetero) is 1. The van der Waals surface area contributed by atoms with Crippen LogP contribution >= 0.6 is 0 Å². The van der Waals surface area contributed by atoms with E-state index in [1.807, 2.05) is 65.8 Å². The molecule has 1 N–H and O–H groups in total. The second-order valence-corrected chi connectivity index (χ2v) is 17.6. The second kappa shape index (κ2) is 21.2. The molecule has 0 unspecified atom stereocenters. The molecule has 0 atom stereocenters. The maximum absolute atomic E-state index is 14.7. The number of rotatable bonds is 15. The zero-order valence-electron chi connectivity index (χ0n) is 37.1. The number of aromatic nitrogens is 3. The van der Waals surface area contributed by atoms with Gasteiger partial charge in [0.25, 0.3) is 5.56 Å². The minimum absolute atomic E-state index is 0.0703. The number of pyridine rings is 1. The normalized spacial score (nSPS) is 13.8. The highest BCUT2D eigenvalue weighted by Crippen LogP contribution is 2.32. The van der Waals surface area contributed by atoms with Gasteiger partial charge in [-0.1, -0.05) is 70.2 Å². The van der Waals surface area contributed by atoms with Crippen LogP contribution in [0.1, 0.15) is 89.7 Å². The Kier molecular flexibility index (Phi) is 16.3. The first kappa shape index (κ1) is 49.2. The number of carbonyl (C=O) groups is 3. The molecule has 6 rings (SSSR count). The largest absolute Gasteiger partial charge is 0.481 e. The molecule has 0 bridgehead atoms. The fourth-order valence-electron chi connectivity index (χ4n) is 7.85. The average molecular weight is 890 g/mol. The monoisotopic (exact) mass is 889 g/mol. The molecule has 3 aromatic carbocycles. The number of carbonyl (C=O) groups excluding carboxylic acids is 2. The van der Waals surface area contributed by atoms with Crippen LogP contribution in [0.3, 0.4) is 0 Å². The highest BCUT2D eigenvalue weighted by atomic mass is 19.4. The van der Waals surface area contributed by atoms with Crippen LogP contribution in [0.5, 0.6) is 0 Å². The molecular formula is C49H56F5N5O5. The van der Waals surface area contributed by atoms with Gasteiger partial charge < -0.3 is 14.6 Å². The first-order chi connectivity index (χ1) is 30.1. The van der Waals surface area contributed by atoms with Gasteiger partial charge in [-0.05, 0) is 97.5 Å². The maximum Gasteiger partial charge on any atom is 0.416 e. The molecule has 1 saturated heterocycles. The van der Waals surface area contributed by atoms with Crippen molar-refractivity contribution in [3.8, 4) is 11.1 Å². The molecule has 2 aromatic heterocycles.